The van der Waals surface area contributed by atoms with E-state index in [4.69, 9.17) is 4.74 Å². The van der Waals surface area contributed by atoms with E-state index in [0.717, 1.165) is 69.8 Å². The lowest BCUT2D eigenvalue weighted by Crippen LogP contribution is -2.46. The Morgan fingerprint density at radius 1 is 0.811 bits per heavy atom. The number of halogens is 1. The van der Waals surface area contributed by atoms with Gasteiger partial charge >= 0.3 is 0 Å². The molecule has 0 N–H and O–H groups in total. The maximum Gasteiger partial charge on any atom is 0.123 e. The molecule has 0 amide bonds. The Hall–Kier alpha value is -2.95. The van der Waals surface area contributed by atoms with Crippen molar-refractivity contribution >= 4 is 5.57 Å². The minimum atomic E-state index is -0.185. The molecular formula is C33H39FN2O. The standard InChI is InChI=1S/C33H39FN2O/c1-25(20-27-8-12-31(34)13-9-27)24-37-32-14-15-33-26(2)30(11-10-29(33)21-32)23-36-18-16-35(17-19-36)22-28-6-4-3-5-7-28/h3-9,12-15,21,25H,10-11,16-20,22-24H2,1-2H3/t25-/m1/s1. The fourth-order valence-corrected chi connectivity index (χ4v) is 5.63. The summed E-state index contributed by atoms with van der Waals surface area (Å²) in [5.41, 5.74) is 8.38. The molecule has 3 aromatic rings. The van der Waals surface area contributed by atoms with E-state index in [1.807, 2.05) is 12.1 Å². The Morgan fingerprint density at radius 2 is 1.51 bits per heavy atom. The average Bonchev–Trinajstić information content (AvgIpc) is 2.92. The van der Waals surface area contributed by atoms with E-state index < -0.39 is 0 Å². The van der Waals surface area contributed by atoms with Crippen LogP contribution in [-0.2, 0) is 19.4 Å². The number of ether oxygens (including phenoxy) is 1. The van der Waals surface area contributed by atoms with Crippen LogP contribution >= 0.6 is 0 Å². The minimum Gasteiger partial charge on any atom is -0.493 e. The van der Waals surface area contributed by atoms with Crippen molar-refractivity contribution in [2.45, 2.75) is 39.7 Å². The fourth-order valence-electron chi connectivity index (χ4n) is 5.63. The summed E-state index contributed by atoms with van der Waals surface area (Å²) in [7, 11) is 0. The number of piperazine rings is 1. The first-order valence-electron chi connectivity index (χ1n) is 13.7. The summed E-state index contributed by atoms with van der Waals surface area (Å²) in [5.74, 6) is 1.13. The Labute approximate surface area is 221 Å². The summed E-state index contributed by atoms with van der Waals surface area (Å²) >= 11 is 0. The highest BCUT2D eigenvalue weighted by Crippen LogP contribution is 2.34. The molecule has 1 heterocycles. The molecule has 1 aliphatic heterocycles. The lowest BCUT2D eigenvalue weighted by atomic mass is 9.86. The van der Waals surface area contributed by atoms with E-state index in [9.17, 15) is 4.39 Å². The molecule has 0 bridgehead atoms. The van der Waals surface area contributed by atoms with Gasteiger partial charge in [-0.2, -0.15) is 0 Å². The van der Waals surface area contributed by atoms with Gasteiger partial charge in [0, 0.05) is 39.3 Å². The van der Waals surface area contributed by atoms with Crippen LogP contribution in [0.15, 0.2) is 78.4 Å². The van der Waals surface area contributed by atoms with Gasteiger partial charge in [-0.3, -0.25) is 9.80 Å². The molecule has 0 aromatic heterocycles. The van der Waals surface area contributed by atoms with Crippen LogP contribution in [0.3, 0.4) is 0 Å². The van der Waals surface area contributed by atoms with Gasteiger partial charge in [0.2, 0.25) is 0 Å². The van der Waals surface area contributed by atoms with E-state index >= 15 is 0 Å². The monoisotopic (exact) mass is 498 g/mol. The Balaban J connectivity index is 1.12. The van der Waals surface area contributed by atoms with Crippen molar-refractivity contribution in [3.8, 4) is 5.75 Å². The molecule has 0 saturated carbocycles. The molecule has 3 nitrogen and oxygen atoms in total. The average molecular weight is 499 g/mol. The lowest BCUT2D eigenvalue weighted by Gasteiger charge is -2.36. The summed E-state index contributed by atoms with van der Waals surface area (Å²) in [6.07, 6.45) is 3.10. The summed E-state index contributed by atoms with van der Waals surface area (Å²) in [4.78, 5) is 5.20. The van der Waals surface area contributed by atoms with E-state index in [0.29, 0.717) is 12.5 Å². The Bertz CT molecular complexity index is 1200. The third kappa shape index (κ3) is 6.88. The maximum atomic E-state index is 13.2. The fraction of sp³-hybridized carbons (Fsp3) is 0.394. The van der Waals surface area contributed by atoms with Crippen LogP contribution in [0.2, 0.25) is 0 Å². The molecule has 4 heteroatoms. The zero-order valence-electron chi connectivity index (χ0n) is 22.3. The van der Waals surface area contributed by atoms with Gasteiger partial charge in [-0.1, -0.05) is 61.0 Å². The molecule has 3 aromatic carbocycles. The van der Waals surface area contributed by atoms with Crippen molar-refractivity contribution in [2.24, 2.45) is 5.92 Å². The topological polar surface area (TPSA) is 15.7 Å². The summed E-state index contributed by atoms with van der Waals surface area (Å²) in [6, 6.07) is 24.2. The van der Waals surface area contributed by atoms with Gasteiger partial charge in [0.15, 0.2) is 0 Å². The molecule has 194 valence electrons. The molecule has 5 rings (SSSR count). The molecule has 1 fully saturated rings. The molecule has 37 heavy (non-hydrogen) atoms. The summed E-state index contributed by atoms with van der Waals surface area (Å²) in [6.45, 7) is 11.8. The second kappa shape index (κ2) is 12.1. The second-order valence-electron chi connectivity index (χ2n) is 10.8. The van der Waals surface area contributed by atoms with Crippen molar-refractivity contribution in [1.82, 2.24) is 9.80 Å². The third-order valence-electron chi connectivity index (χ3n) is 7.87. The normalized spacial score (nSPS) is 17.5. The predicted molar refractivity (Wildman–Crippen MR) is 150 cm³/mol. The molecule has 0 unspecified atom stereocenters. The largest absolute Gasteiger partial charge is 0.493 e. The number of hydrogen-bond acceptors (Lipinski definition) is 3. The molecule has 0 radical (unpaired) electrons. The van der Waals surface area contributed by atoms with Crippen molar-refractivity contribution in [3.63, 3.8) is 0 Å². The smallest absolute Gasteiger partial charge is 0.123 e. The zero-order chi connectivity index (χ0) is 25.6. The number of nitrogens with zero attached hydrogens (tertiary/aromatic N) is 2. The van der Waals surface area contributed by atoms with Gasteiger partial charge < -0.3 is 4.74 Å². The van der Waals surface area contributed by atoms with Gasteiger partial charge in [-0.15, -0.1) is 0 Å². The van der Waals surface area contributed by atoms with E-state index in [1.54, 1.807) is 5.57 Å². The molecule has 2 aliphatic rings. The Kier molecular flexibility index (Phi) is 8.38. The van der Waals surface area contributed by atoms with Gasteiger partial charge in [-0.25, -0.2) is 4.39 Å². The van der Waals surface area contributed by atoms with Crippen LogP contribution < -0.4 is 4.74 Å². The Morgan fingerprint density at radius 3 is 2.24 bits per heavy atom. The third-order valence-corrected chi connectivity index (χ3v) is 7.87. The van der Waals surface area contributed by atoms with Crippen molar-refractivity contribution in [3.05, 3.63) is 106 Å². The van der Waals surface area contributed by atoms with Crippen LogP contribution in [-0.4, -0.2) is 49.1 Å². The van der Waals surface area contributed by atoms with Gasteiger partial charge in [0.25, 0.3) is 0 Å². The number of aryl methyl sites for hydroxylation is 1. The molecule has 1 aliphatic carbocycles. The first-order chi connectivity index (χ1) is 18.0. The maximum absolute atomic E-state index is 13.2. The first-order valence-corrected chi connectivity index (χ1v) is 13.7. The summed E-state index contributed by atoms with van der Waals surface area (Å²) in [5, 5.41) is 0. The van der Waals surface area contributed by atoms with Crippen LogP contribution in [0.4, 0.5) is 4.39 Å². The van der Waals surface area contributed by atoms with Crippen molar-refractivity contribution in [2.75, 3.05) is 39.3 Å². The van der Waals surface area contributed by atoms with Crippen LogP contribution in [0.5, 0.6) is 5.75 Å². The van der Waals surface area contributed by atoms with E-state index in [-0.39, 0.29) is 5.82 Å². The molecule has 1 saturated heterocycles. The van der Waals surface area contributed by atoms with Crippen molar-refractivity contribution < 1.29 is 9.13 Å². The quantitative estimate of drug-likeness (QED) is 0.330. The van der Waals surface area contributed by atoms with Crippen molar-refractivity contribution in [1.29, 1.82) is 0 Å². The highest BCUT2D eigenvalue weighted by atomic mass is 19.1. The lowest BCUT2D eigenvalue weighted by molar-refractivity contribution is 0.134. The van der Waals surface area contributed by atoms with Crippen LogP contribution in [0, 0.1) is 11.7 Å². The highest BCUT2D eigenvalue weighted by Gasteiger charge is 2.22. The highest BCUT2D eigenvalue weighted by molar-refractivity contribution is 5.72. The number of benzene rings is 3. The molecular weight excluding hydrogens is 459 g/mol. The van der Waals surface area contributed by atoms with Crippen LogP contribution in [0.25, 0.3) is 5.57 Å². The van der Waals surface area contributed by atoms with Gasteiger partial charge in [0.05, 0.1) is 6.61 Å². The number of allylic oxidation sites excluding steroid dienone is 1. The second-order valence-corrected chi connectivity index (χ2v) is 10.8. The number of fused-ring (bicyclic) bond motifs is 1. The zero-order valence-corrected chi connectivity index (χ0v) is 22.3. The number of rotatable bonds is 9. The predicted octanol–water partition coefficient (Wildman–Crippen LogP) is 6.62. The van der Waals surface area contributed by atoms with Crippen LogP contribution in [0.1, 0.15) is 42.5 Å². The minimum absolute atomic E-state index is 0.185. The van der Waals surface area contributed by atoms with E-state index in [1.165, 1.54) is 34.4 Å². The van der Waals surface area contributed by atoms with E-state index in [2.05, 4.69) is 72.2 Å². The SMILES string of the molecule is CC1=C(CN2CCN(Cc3ccccc3)CC2)CCc2cc(OC[C@H](C)Cc3ccc(F)cc3)ccc21. The molecule has 1 atom stereocenters. The number of hydrogen-bond donors (Lipinski definition) is 0. The first kappa shape index (κ1) is 25.7. The van der Waals surface area contributed by atoms with Gasteiger partial charge in [-0.05, 0) is 84.2 Å². The molecule has 0 spiro atoms. The summed E-state index contributed by atoms with van der Waals surface area (Å²) < 4.78 is 19.3. The van der Waals surface area contributed by atoms with Gasteiger partial charge in [0.1, 0.15) is 11.6 Å².